The van der Waals surface area contributed by atoms with Crippen LogP contribution in [-0.4, -0.2) is 43.1 Å². The molecule has 2 atom stereocenters. The Hall–Kier alpha value is -3.41. The third kappa shape index (κ3) is 6.60. The van der Waals surface area contributed by atoms with E-state index in [2.05, 4.69) is 22.0 Å². The van der Waals surface area contributed by atoms with Gasteiger partial charge in [0, 0.05) is 25.3 Å². The van der Waals surface area contributed by atoms with E-state index >= 15 is 4.39 Å². The Kier molecular flexibility index (Phi) is 10.7. The number of aromatic nitrogens is 1. The largest absolute Gasteiger partial charge is 0.465 e. The van der Waals surface area contributed by atoms with Gasteiger partial charge >= 0.3 is 5.97 Å². The van der Waals surface area contributed by atoms with Crippen molar-refractivity contribution in [2.75, 3.05) is 30.4 Å². The van der Waals surface area contributed by atoms with Gasteiger partial charge in [-0.1, -0.05) is 6.92 Å². The standard InChI is InChI=1S/C26H24F4N4O3.2ClH/c1-13-7-15(31)12-34(11-13)21-5-6-32-10-20(21)33-25(35)16-3-4-17(27)23(24(16)30)22-18(28)8-14(9-19(22)29)26(36)37-2;;/h3-6,8-10,13,15H,7,11-12,31H2,1-2H3,(H,33,35);2*1H/t13-,15+;;/m1../s1. The number of anilines is 2. The maximum atomic E-state index is 15.4. The topological polar surface area (TPSA) is 97.5 Å². The van der Waals surface area contributed by atoms with Gasteiger partial charge in [-0.2, -0.15) is 0 Å². The monoisotopic (exact) mass is 588 g/mol. The molecule has 0 saturated carbocycles. The number of pyridine rings is 1. The van der Waals surface area contributed by atoms with Crippen molar-refractivity contribution in [3.8, 4) is 11.1 Å². The zero-order valence-corrected chi connectivity index (χ0v) is 22.5. The Bertz CT molecular complexity index is 1350. The fourth-order valence-corrected chi connectivity index (χ4v) is 4.55. The number of methoxy groups -OCH3 is 1. The lowest BCUT2D eigenvalue weighted by molar-refractivity contribution is 0.0599. The Morgan fingerprint density at radius 2 is 1.69 bits per heavy atom. The number of rotatable bonds is 5. The van der Waals surface area contributed by atoms with Gasteiger partial charge in [-0.25, -0.2) is 22.4 Å². The van der Waals surface area contributed by atoms with Gasteiger partial charge in [-0.05, 0) is 42.7 Å². The Morgan fingerprint density at radius 1 is 1.03 bits per heavy atom. The van der Waals surface area contributed by atoms with Crippen molar-refractivity contribution in [1.29, 1.82) is 0 Å². The van der Waals surface area contributed by atoms with Crippen LogP contribution in [0.2, 0.25) is 0 Å². The highest BCUT2D eigenvalue weighted by Crippen LogP contribution is 2.34. The molecule has 4 rings (SSSR count). The maximum Gasteiger partial charge on any atom is 0.338 e. The molecule has 2 heterocycles. The fraction of sp³-hybridized carbons (Fsp3) is 0.269. The average Bonchev–Trinajstić information content (AvgIpc) is 2.84. The second kappa shape index (κ2) is 13.1. The molecule has 0 bridgehead atoms. The predicted molar refractivity (Wildman–Crippen MR) is 144 cm³/mol. The number of nitrogens with zero attached hydrogens (tertiary/aromatic N) is 2. The van der Waals surface area contributed by atoms with E-state index in [0.717, 1.165) is 25.7 Å². The molecule has 1 saturated heterocycles. The number of esters is 1. The van der Waals surface area contributed by atoms with Crippen LogP contribution in [0.5, 0.6) is 0 Å². The summed E-state index contributed by atoms with van der Waals surface area (Å²) < 4.78 is 64.0. The molecule has 3 N–H and O–H groups in total. The first kappa shape index (κ1) is 31.8. The van der Waals surface area contributed by atoms with Crippen LogP contribution in [0.1, 0.15) is 34.1 Å². The summed E-state index contributed by atoms with van der Waals surface area (Å²) in [6, 6.07) is 4.41. The van der Waals surface area contributed by atoms with E-state index in [4.69, 9.17) is 5.73 Å². The molecule has 0 spiro atoms. The van der Waals surface area contributed by atoms with E-state index < -0.39 is 57.4 Å². The number of nitrogens with two attached hydrogens (primary N) is 1. The van der Waals surface area contributed by atoms with Crippen molar-refractivity contribution in [1.82, 2.24) is 4.98 Å². The van der Waals surface area contributed by atoms with Crippen LogP contribution in [0.4, 0.5) is 28.9 Å². The van der Waals surface area contributed by atoms with Crippen LogP contribution in [0.25, 0.3) is 11.1 Å². The minimum Gasteiger partial charge on any atom is -0.465 e. The molecule has 3 aromatic rings. The van der Waals surface area contributed by atoms with Crippen molar-refractivity contribution in [2.45, 2.75) is 19.4 Å². The summed E-state index contributed by atoms with van der Waals surface area (Å²) >= 11 is 0. The second-order valence-corrected chi connectivity index (χ2v) is 8.94. The molecule has 7 nitrogen and oxygen atoms in total. The molecule has 1 aliphatic rings. The maximum absolute atomic E-state index is 15.4. The molecule has 1 aliphatic heterocycles. The smallest absolute Gasteiger partial charge is 0.338 e. The number of piperidine rings is 1. The molecule has 2 aromatic carbocycles. The summed E-state index contributed by atoms with van der Waals surface area (Å²) in [5.41, 5.74) is 3.75. The van der Waals surface area contributed by atoms with Gasteiger partial charge in [0.25, 0.3) is 5.91 Å². The van der Waals surface area contributed by atoms with Crippen molar-refractivity contribution < 1.29 is 31.9 Å². The highest BCUT2D eigenvalue weighted by Gasteiger charge is 2.28. The van der Waals surface area contributed by atoms with Crippen LogP contribution in [0, 0.1) is 29.2 Å². The fourth-order valence-electron chi connectivity index (χ4n) is 4.55. The van der Waals surface area contributed by atoms with Crippen LogP contribution >= 0.6 is 24.8 Å². The molecule has 0 aliphatic carbocycles. The molecule has 210 valence electrons. The summed E-state index contributed by atoms with van der Waals surface area (Å²) in [6.07, 6.45) is 3.77. The normalized spacial score (nSPS) is 16.5. The average molecular weight is 589 g/mol. The van der Waals surface area contributed by atoms with Crippen molar-refractivity contribution in [3.63, 3.8) is 0 Å². The van der Waals surface area contributed by atoms with Gasteiger partial charge in [0.15, 0.2) is 0 Å². The molecule has 0 unspecified atom stereocenters. The number of carbonyl (C=O) groups is 2. The van der Waals surface area contributed by atoms with Gasteiger partial charge in [-0.15, -0.1) is 24.8 Å². The number of carbonyl (C=O) groups excluding carboxylic acids is 2. The third-order valence-corrected chi connectivity index (χ3v) is 6.13. The van der Waals surface area contributed by atoms with Gasteiger partial charge in [0.1, 0.15) is 23.3 Å². The van der Waals surface area contributed by atoms with E-state index in [0.29, 0.717) is 36.8 Å². The number of hydrogen-bond donors (Lipinski definition) is 2. The van der Waals surface area contributed by atoms with Crippen molar-refractivity contribution in [3.05, 3.63) is 77.1 Å². The third-order valence-electron chi connectivity index (χ3n) is 6.13. The number of benzene rings is 2. The summed E-state index contributed by atoms with van der Waals surface area (Å²) in [4.78, 5) is 30.7. The molecule has 1 amide bonds. The number of amides is 1. The number of hydrogen-bond acceptors (Lipinski definition) is 6. The quantitative estimate of drug-likeness (QED) is 0.307. The minimum absolute atomic E-state index is 0. The molecule has 1 fully saturated rings. The first-order chi connectivity index (χ1) is 17.6. The van der Waals surface area contributed by atoms with E-state index in [9.17, 15) is 22.8 Å². The molecule has 39 heavy (non-hydrogen) atoms. The lowest BCUT2D eigenvalue weighted by Crippen LogP contribution is -2.46. The predicted octanol–water partition coefficient (Wildman–Crippen LogP) is 5.36. The molecule has 13 heteroatoms. The lowest BCUT2D eigenvalue weighted by atomic mass is 9.96. The molecule has 0 radical (unpaired) electrons. The number of halogens is 6. The van der Waals surface area contributed by atoms with E-state index in [-0.39, 0.29) is 36.5 Å². The zero-order valence-electron chi connectivity index (χ0n) is 20.8. The van der Waals surface area contributed by atoms with E-state index in [1.165, 1.54) is 12.4 Å². The van der Waals surface area contributed by atoms with E-state index in [1.54, 1.807) is 6.07 Å². The minimum atomic E-state index is -1.47. The summed E-state index contributed by atoms with van der Waals surface area (Å²) in [7, 11) is 1.02. The van der Waals surface area contributed by atoms with E-state index in [1.807, 2.05) is 4.90 Å². The first-order valence-electron chi connectivity index (χ1n) is 11.4. The van der Waals surface area contributed by atoms with Crippen LogP contribution in [0.3, 0.4) is 0 Å². The number of nitrogens with one attached hydrogen (secondary N) is 1. The van der Waals surface area contributed by atoms with Crippen LogP contribution in [-0.2, 0) is 4.74 Å². The highest BCUT2D eigenvalue weighted by molar-refractivity contribution is 6.06. The van der Waals surface area contributed by atoms with Crippen molar-refractivity contribution >= 4 is 48.1 Å². The van der Waals surface area contributed by atoms with Gasteiger partial charge in [-0.3, -0.25) is 9.78 Å². The van der Waals surface area contributed by atoms with Gasteiger partial charge in [0.05, 0.1) is 46.9 Å². The summed E-state index contributed by atoms with van der Waals surface area (Å²) in [5, 5.41) is 2.56. The van der Waals surface area contributed by atoms with Crippen LogP contribution < -0.4 is 16.0 Å². The molecule has 1 aromatic heterocycles. The summed E-state index contributed by atoms with van der Waals surface area (Å²) in [6.45, 7) is 3.26. The SMILES string of the molecule is COC(=O)c1cc(F)c(-c2c(F)ccc(C(=O)Nc3cnccc3N3C[C@H](C)C[C@H](N)C3)c2F)c(F)c1.Cl.Cl. The van der Waals surface area contributed by atoms with Crippen LogP contribution in [0.15, 0.2) is 42.7 Å². The molecular weight excluding hydrogens is 563 g/mol. The Morgan fingerprint density at radius 3 is 2.31 bits per heavy atom. The summed E-state index contributed by atoms with van der Waals surface area (Å²) in [5.74, 6) is -7.28. The molecular formula is C26H26Cl2F4N4O3. The number of ether oxygens (including phenoxy) is 1. The van der Waals surface area contributed by atoms with Gasteiger partial charge in [0.2, 0.25) is 0 Å². The first-order valence-corrected chi connectivity index (χ1v) is 11.4. The zero-order chi connectivity index (χ0) is 26.9. The van der Waals surface area contributed by atoms with Gasteiger partial charge < -0.3 is 20.7 Å². The van der Waals surface area contributed by atoms with Crippen molar-refractivity contribution in [2.24, 2.45) is 11.7 Å². The second-order valence-electron chi connectivity index (χ2n) is 8.94. The Balaban J connectivity index is 0.00000267. The highest BCUT2D eigenvalue weighted by atomic mass is 35.5. The Labute approximate surface area is 234 Å². The lowest BCUT2D eigenvalue weighted by Gasteiger charge is -2.37.